The molecule has 0 aliphatic heterocycles. The lowest BCUT2D eigenvalue weighted by Gasteiger charge is -2.41. The molecule has 3 nitrogen and oxygen atoms in total. The van der Waals surface area contributed by atoms with Crippen molar-refractivity contribution >= 4 is 5.97 Å². The third kappa shape index (κ3) is 2.27. The van der Waals surface area contributed by atoms with Crippen molar-refractivity contribution in [1.82, 2.24) is 4.90 Å². The van der Waals surface area contributed by atoms with E-state index in [2.05, 4.69) is 18.9 Å². The Morgan fingerprint density at radius 1 is 1.50 bits per heavy atom. The molecule has 0 N–H and O–H groups in total. The number of rotatable bonds is 5. The van der Waals surface area contributed by atoms with E-state index in [1.165, 1.54) is 7.11 Å². The molecule has 0 atom stereocenters. The van der Waals surface area contributed by atoms with Gasteiger partial charge in [0.1, 0.15) is 0 Å². The lowest BCUT2D eigenvalue weighted by molar-refractivity contribution is -0.159. The molecule has 0 radical (unpaired) electrons. The van der Waals surface area contributed by atoms with Gasteiger partial charge in [0.05, 0.1) is 12.5 Å². The van der Waals surface area contributed by atoms with Gasteiger partial charge in [0.15, 0.2) is 0 Å². The molecule has 0 amide bonds. The molecule has 0 unspecified atom stereocenters. The number of carbonyl (C=O) groups is 1. The number of hydrogen-bond acceptors (Lipinski definition) is 3. The highest BCUT2D eigenvalue weighted by molar-refractivity contribution is 5.78. The van der Waals surface area contributed by atoms with Gasteiger partial charge in [0.25, 0.3) is 0 Å². The Hall–Kier alpha value is -0.570. The van der Waals surface area contributed by atoms with Gasteiger partial charge >= 0.3 is 5.97 Å². The van der Waals surface area contributed by atoms with Crippen LogP contribution < -0.4 is 0 Å². The Morgan fingerprint density at radius 2 is 2.14 bits per heavy atom. The Balaban J connectivity index is 2.49. The van der Waals surface area contributed by atoms with Crippen molar-refractivity contribution in [2.24, 2.45) is 5.41 Å². The third-order valence-electron chi connectivity index (χ3n) is 3.11. The molecule has 0 aromatic carbocycles. The molecule has 0 bridgehead atoms. The van der Waals surface area contributed by atoms with Crippen LogP contribution in [0.4, 0.5) is 0 Å². The van der Waals surface area contributed by atoms with Gasteiger partial charge in [-0.2, -0.15) is 0 Å². The molecule has 0 saturated heterocycles. The van der Waals surface area contributed by atoms with Crippen molar-refractivity contribution in [3.63, 3.8) is 0 Å². The van der Waals surface area contributed by atoms with Crippen LogP contribution in [-0.2, 0) is 9.53 Å². The zero-order chi connectivity index (χ0) is 10.6. The number of esters is 1. The fourth-order valence-corrected chi connectivity index (χ4v) is 2.22. The van der Waals surface area contributed by atoms with Crippen LogP contribution >= 0.6 is 0 Å². The molecular formula is C11H21NO2. The number of carbonyl (C=O) groups excluding carboxylic acids is 1. The van der Waals surface area contributed by atoms with Crippen molar-refractivity contribution in [2.75, 3.05) is 27.2 Å². The molecule has 82 valence electrons. The van der Waals surface area contributed by atoms with Crippen LogP contribution in [0.2, 0.25) is 0 Å². The molecule has 1 aliphatic rings. The van der Waals surface area contributed by atoms with Crippen molar-refractivity contribution in [1.29, 1.82) is 0 Å². The van der Waals surface area contributed by atoms with E-state index in [1.54, 1.807) is 0 Å². The molecule has 1 rings (SSSR count). The van der Waals surface area contributed by atoms with Crippen LogP contribution in [0.1, 0.15) is 32.6 Å². The highest BCUT2D eigenvalue weighted by Gasteiger charge is 2.45. The average molecular weight is 199 g/mol. The number of hydrogen-bond donors (Lipinski definition) is 0. The van der Waals surface area contributed by atoms with Crippen LogP contribution in [0.5, 0.6) is 0 Å². The second-order valence-corrected chi connectivity index (χ2v) is 4.36. The zero-order valence-corrected chi connectivity index (χ0v) is 9.51. The summed E-state index contributed by atoms with van der Waals surface area (Å²) in [5, 5.41) is 0. The molecule has 0 heterocycles. The second-order valence-electron chi connectivity index (χ2n) is 4.36. The summed E-state index contributed by atoms with van der Waals surface area (Å²) < 4.78 is 4.87. The first-order valence-electron chi connectivity index (χ1n) is 5.41. The molecule has 1 saturated carbocycles. The summed E-state index contributed by atoms with van der Waals surface area (Å²) >= 11 is 0. The number of methoxy groups -OCH3 is 1. The summed E-state index contributed by atoms with van der Waals surface area (Å²) in [5.41, 5.74) is -0.182. The van der Waals surface area contributed by atoms with E-state index in [0.29, 0.717) is 0 Å². The summed E-state index contributed by atoms with van der Waals surface area (Å²) in [7, 11) is 3.56. The molecule has 0 aromatic heterocycles. The standard InChI is InChI=1S/C11H21NO2/c1-4-8-12(2)9-11(6-5-7-11)10(13)14-3/h4-9H2,1-3H3. The minimum Gasteiger partial charge on any atom is -0.469 e. The normalized spacial score (nSPS) is 19.1. The second kappa shape index (κ2) is 4.78. The van der Waals surface area contributed by atoms with E-state index >= 15 is 0 Å². The summed E-state index contributed by atoms with van der Waals surface area (Å²) in [5.74, 6) is -0.0216. The SMILES string of the molecule is CCCN(C)CC1(C(=O)OC)CCC1. The largest absolute Gasteiger partial charge is 0.469 e. The van der Waals surface area contributed by atoms with E-state index in [9.17, 15) is 4.79 Å². The topological polar surface area (TPSA) is 29.5 Å². The van der Waals surface area contributed by atoms with Gasteiger partial charge in [0, 0.05) is 6.54 Å². The minimum absolute atomic E-state index is 0.0216. The fraction of sp³-hybridized carbons (Fsp3) is 0.909. The predicted octanol–water partition coefficient (Wildman–Crippen LogP) is 1.67. The quantitative estimate of drug-likeness (QED) is 0.631. The Morgan fingerprint density at radius 3 is 2.50 bits per heavy atom. The molecule has 1 aliphatic carbocycles. The first-order chi connectivity index (χ1) is 6.64. The Kier molecular flexibility index (Phi) is 3.93. The van der Waals surface area contributed by atoms with E-state index in [-0.39, 0.29) is 11.4 Å². The van der Waals surface area contributed by atoms with E-state index < -0.39 is 0 Å². The highest BCUT2D eigenvalue weighted by atomic mass is 16.5. The zero-order valence-electron chi connectivity index (χ0n) is 9.51. The maximum atomic E-state index is 11.6. The summed E-state index contributed by atoms with van der Waals surface area (Å²) in [6, 6.07) is 0. The predicted molar refractivity (Wildman–Crippen MR) is 56.1 cm³/mol. The van der Waals surface area contributed by atoms with Crippen molar-refractivity contribution in [3.8, 4) is 0 Å². The van der Waals surface area contributed by atoms with Gasteiger partial charge in [0.2, 0.25) is 0 Å². The monoisotopic (exact) mass is 199 g/mol. The first kappa shape index (κ1) is 11.5. The Labute approximate surface area is 86.4 Å². The van der Waals surface area contributed by atoms with Crippen LogP contribution in [0.3, 0.4) is 0 Å². The molecular weight excluding hydrogens is 178 g/mol. The molecule has 14 heavy (non-hydrogen) atoms. The smallest absolute Gasteiger partial charge is 0.313 e. The van der Waals surface area contributed by atoms with Gasteiger partial charge < -0.3 is 9.64 Å². The van der Waals surface area contributed by atoms with Gasteiger partial charge in [-0.05, 0) is 32.9 Å². The number of ether oxygens (including phenoxy) is 1. The lowest BCUT2D eigenvalue weighted by atomic mass is 9.68. The summed E-state index contributed by atoms with van der Waals surface area (Å²) in [6.45, 7) is 4.06. The number of nitrogens with zero attached hydrogens (tertiary/aromatic N) is 1. The minimum atomic E-state index is -0.182. The molecule has 0 spiro atoms. The van der Waals surface area contributed by atoms with Crippen molar-refractivity contribution in [3.05, 3.63) is 0 Å². The Bertz CT molecular complexity index is 199. The maximum absolute atomic E-state index is 11.6. The van der Waals surface area contributed by atoms with Gasteiger partial charge in [-0.1, -0.05) is 13.3 Å². The van der Waals surface area contributed by atoms with Crippen LogP contribution in [-0.4, -0.2) is 38.1 Å². The van der Waals surface area contributed by atoms with Gasteiger partial charge in [-0.3, -0.25) is 4.79 Å². The van der Waals surface area contributed by atoms with Crippen LogP contribution in [0.15, 0.2) is 0 Å². The van der Waals surface area contributed by atoms with E-state index in [4.69, 9.17) is 4.74 Å². The van der Waals surface area contributed by atoms with Crippen LogP contribution in [0.25, 0.3) is 0 Å². The van der Waals surface area contributed by atoms with Gasteiger partial charge in [-0.15, -0.1) is 0 Å². The molecule has 0 aromatic rings. The van der Waals surface area contributed by atoms with Gasteiger partial charge in [-0.25, -0.2) is 0 Å². The molecule has 1 fully saturated rings. The van der Waals surface area contributed by atoms with E-state index in [0.717, 1.165) is 38.8 Å². The maximum Gasteiger partial charge on any atom is 0.313 e. The van der Waals surface area contributed by atoms with E-state index in [1.807, 2.05) is 0 Å². The lowest BCUT2D eigenvalue weighted by Crippen LogP contribution is -2.47. The van der Waals surface area contributed by atoms with Crippen molar-refractivity contribution in [2.45, 2.75) is 32.6 Å². The highest BCUT2D eigenvalue weighted by Crippen LogP contribution is 2.42. The van der Waals surface area contributed by atoms with Crippen LogP contribution in [0, 0.1) is 5.41 Å². The van der Waals surface area contributed by atoms with Crippen molar-refractivity contribution < 1.29 is 9.53 Å². The third-order valence-corrected chi connectivity index (χ3v) is 3.11. The average Bonchev–Trinajstić information content (AvgIpc) is 2.10. The molecule has 3 heteroatoms. The summed E-state index contributed by atoms with van der Waals surface area (Å²) in [6.07, 6.45) is 4.28. The first-order valence-corrected chi connectivity index (χ1v) is 5.41. The fourth-order valence-electron chi connectivity index (χ4n) is 2.22. The summed E-state index contributed by atoms with van der Waals surface area (Å²) in [4.78, 5) is 13.8.